The first kappa shape index (κ1) is 17.3. The smallest absolute Gasteiger partial charge is 0.425 e. The lowest BCUT2D eigenvalue weighted by Crippen LogP contribution is -2.43. The van der Waals surface area contributed by atoms with Gasteiger partial charge in [-0.3, -0.25) is 19.8 Å². The van der Waals surface area contributed by atoms with Gasteiger partial charge in [0.15, 0.2) is 6.29 Å². The molecule has 2 aliphatic rings. The van der Waals surface area contributed by atoms with Crippen LogP contribution >= 0.6 is 0 Å². The van der Waals surface area contributed by atoms with Gasteiger partial charge in [0.25, 0.3) is 5.69 Å². The molecule has 0 bridgehead atoms. The summed E-state index contributed by atoms with van der Waals surface area (Å²) in [6.45, 7) is 2.84. The number of nitro groups is 1. The molecule has 0 saturated carbocycles. The van der Waals surface area contributed by atoms with E-state index in [2.05, 4.69) is 0 Å². The number of nitrogens with two attached hydrogens (primary N) is 1. The number of nitro benzene ring substituents is 1. The standard InChI is InChI=1S/C15H18N4O6/c16-18-14(11-3-1-2-10(9-20)13(11)19(22)23)12(25-15(18)21)8-17-4-6-24-7-5-17/h1-3,9,12,14H,4-8,16H2. The average molecular weight is 350 g/mol. The zero-order valence-corrected chi connectivity index (χ0v) is 13.4. The molecule has 2 N–H and O–H groups in total. The Bertz CT molecular complexity index is 691. The van der Waals surface area contributed by atoms with Gasteiger partial charge in [0, 0.05) is 19.6 Å². The number of para-hydroxylation sites is 1. The number of carbonyl (C=O) groups excluding carboxylic acids is 2. The second-order valence-corrected chi connectivity index (χ2v) is 5.85. The van der Waals surface area contributed by atoms with Crippen molar-refractivity contribution in [3.05, 3.63) is 39.4 Å². The zero-order chi connectivity index (χ0) is 18.0. The van der Waals surface area contributed by atoms with Crippen molar-refractivity contribution in [3.8, 4) is 0 Å². The van der Waals surface area contributed by atoms with E-state index in [0.29, 0.717) is 39.1 Å². The summed E-state index contributed by atoms with van der Waals surface area (Å²) in [6, 6.07) is 3.51. The summed E-state index contributed by atoms with van der Waals surface area (Å²) in [6.07, 6.45) is -1.03. The van der Waals surface area contributed by atoms with Crippen LogP contribution in [-0.4, -0.2) is 66.2 Å². The van der Waals surface area contributed by atoms with Crippen LogP contribution in [0.3, 0.4) is 0 Å². The number of hydrazine groups is 1. The van der Waals surface area contributed by atoms with Crippen LogP contribution in [-0.2, 0) is 9.47 Å². The minimum absolute atomic E-state index is 0.0691. The molecule has 2 atom stereocenters. The van der Waals surface area contributed by atoms with Crippen LogP contribution in [0.25, 0.3) is 0 Å². The average Bonchev–Trinajstić information content (AvgIpc) is 2.88. The monoisotopic (exact) mass is 350 g/mol. The van der Waals surface area contributed by atoms with Crippen molar-refractivity contribution in [1.82, 2.24) is 9.91 Å². The van der Waals surface area contributed by atoms with Crippen molar-refractivity contribution in [2.75, 3.05) is 32.8 Å². The van der Waals surface area contributed by atoms with Gasteiger partial charge < -0.3 is 9.47 Å². The van der Waals surface area contributed by atoms with E-state index >= 15 is 0 Å². The molecule has 2 heterocycles. The maximum Gasteiger partial charge on any atom is 0.425 e. The van der Waals surface area contributed by atoms with Gasteiger partial charge in [0.1, 0.15) is 12.1 Å². The Morgan fingerprint density at radius 2 is 2.08 bits per heavy atom. The van der Waals surface area contributed by atoms with Crippen LogP contribution in [0, 0.1) is 10.1 Å². The molecule has 134 valence electrons. The van der Waals surface area contributed by atoms with Crippen molar-refractivity contribution in [2.24, 2.45) is 5.84 Å². The first-order valence-corrected chi connectivity index (χ1v) is 7.80. The molecule has 0 spiro atoms. The van der Waals surface area contributed by atoms with E-state index in [9.17, 15) is 19.7 Å². The van der Waals surface area contributed by atoms with E-state index in [0.717, 1.165) is 5.01 Å². The first-order valence-electron chi connectivity index (χ1n) is 7.80. The fourth-order valence-corrected chi connectivity index (χ4v) is 3.20. The van der Waals surface area contributed by atoms with Gasteiger partial charge in [-0.2, -0.15) is 0 Å². The van der Waals surface area contributed by atoms with Gasteiger partial charge in [-0.1, -0.05) is 6.07 Å². The third kappa shape index (κ3) is 3.31. The van der Waals surface area contributed by atoms with Crippen LogP contribution in [0.5, 0.6) is 0 Å². The molecular weight excluding hydrogens is 332 g/mol. The molecule has 0 aliphatic carbocycles. The van der Waals surface area contributed by atoms with E-state index in [4.69, 9.17) is 15.3 Å². The number of ether oxygens (including phenoxy) is 2. The largest absolute Gasteiger partial charge is 0.441 e. The predicted octanol–water partition coefficient (Wildman–Crippen LogP) is 0.475. The van der Waals surface area contributed by atoms with Crippen LogP contribution in [0.1, 0.15) is 22.0 Å². The topological polar surface area (TPSA) is 128 Å². The number of carbonyl (C=O) groups is 2. The Morgan fingerprint density at radius 1 is 1.36 bits per heavy atom. The summed E-state index contributed by atoms with van der Waals surface area (Å²) in [5.41, 5.74) is -0.246. The predicted molar refractivity (Wildman–Crippen MR) is 84.8 cm³/mol. The van der Waals surface area contributed by atoms with Crippen molar-refractivity contribution >= 4 is 18.1 Å². The quantitative estimate of drug-likeness (QED) is 0.267. The molecule has 3 rings (SSSR count). The molecule has 1 aromatic carbocycles. The van der Waals surface area contributed by atoms with Crippen molar-refractivity contribution < 1.29 is 24.0 Å². The van der Waals surface area contributed by atoms with Crippen molar-refractivity contribution in [3.63, 3.8) is 0 Å². The number of benzene rings is 1. The molecule has 10 heteroatoms. The Kier molecular flexibility index (Phi) is 4.93. The highest BCUT2D eigenvalue weighted by molar-refractivity contribution is 5.83. The number of amides is 1. The summed E-state index contributed by atoms with van der Waals surface area (Å²) in [5, 5.41) is 12.3. The SMILES string of the molecule is NN1C(=O)OC(CN2CCOCC2)C1c1cccc(C=O)c1[N+](=O)[O-]. The third-order valence-electron chi connectivity index (χ3n) is 4.38. The van der Waals surface area contributed by atoms with Crippen LogP contribution in [0.2, 0.25) is 0 Å². The Balaban J connectivity index is 1.96. The van der Waals surface area contributed by atoms with E-state index in [1.165, 1.54) is 18.2 Å². The van der Waals surface area contributed by atoms with Gasteiger partial charge in [-0.25, -0.2) is 15.6 Å². The van der Waals surface area contributed by atoms with E-state index in [1.54, 1.807) is 0 Å². The van der Waals surface area contributed by atoms with Gasteiger partial charge in [-0.05, 0) is 12.1 Å². The van der Waals surface area contributed by atoms with E-state index in [1.807, 2.05) is 4.90 Å². The Labute approximate surface area is 143 Å². The van der Waals surface area contributed by atoms with Gasteiger partial charge in [-0.15, -0.1) is 0 Å². The van der Waals surface area contributed by atoms with Crippen LogP contribution in [0.15, 0.2) is 18.2 Å². The van der Waals surface area contributed by atoms with Gasteiger partial charge in [0.05, 0.1) is 29.3 Å². The van der Waals surface area contributed by atoms with E-state index < -0.39 is 23.2 Å². The lowest BCUT2D eigenvalue weighted by atomic mass is 9.97. The third-order valence-corrected chi connectivity index (χ3v) is 4.38. The summed E-state index contributed by atoms with van der Waals surface area (Å²) in [7, 11) is 0. The minimum atomic E-state index is -0.851. The molecule has 0 aromatic heterocycles. The normalized spacial score (nSPS) is 24.2. The molecule has 10 nitrogen and oxygen atoms in total. The molecule has 25 heavy (non-hydrogen) atoms. The van der Waals surface area contributed by atoms with E-state index in [-0.39, 0.29) is 16.8 Å². The molecule has 0 radical (unpaired) electrons. The lowest BCUT2D eigenvalue weighted by Gasteiger charge is -2.30. The van der Waals surface area contributed by atoms with Gasteiger partial charge >= 0.3 is 6.09 Å². The molecule has 2 unspecified atom stereocenters. The number of rotatable bonds is 5. The molecule has 1 aromatic rings. The lowest BCUT2D eigenvalue weighted by molar-refractivity contribution is -0.386. The fourth-order valence-electron chi connectivity index (χ4n) is 3.20. The number of hydrogen-bond acceptors (Lipinski definition) is 8. The second kappa shape index (κ2) is 7.13. The van der Waals surface area contributed by atoms with Gasteiger partial charge in [0.2, 0.25) is 0 Å². The minimum Gasteiger partial charge on any atom is -0.441 e. The number of cyclic esters (lactones) is 1. The number of morpholine rings is 1. The van der Waals surface area contributed by atoms with Crippen LogP contribution < -0.4 is 5.84 Å². The summed E-state index contributed by atoms with van der Waals surface area (Å²) in [5.74, 6) is 5.82. The Morgan fingerprint density at radius 3 is 2.72 bits per heavy atom. The fraction of sp³-hybridized carbons (Fsp3) is 0.467. The van der Waals surface area contributed by atoms with Crippen molar-refractivity contribution in [2.45, 2.75) is 12.1 Å². The summed E-state index contributed by atoms with van der Waals surface area (Å²) >= 11 is 0. The molecule has 1 amide bonds. The second-order valence-electron chi connectivity index (χ2n) is 5.85. The first-order chi connectivity index (χ1) is 12.0. The van der Waals surface area contributed by atoms with Crippen molar-refractivity contribution in [1.29, 1.82) is 0 Å². The molecule has 2 saturated heterocycles. The number of aldehydes is 1. The number of nitrogens with zero attached hydrogens (tertiary/aromatic N) is 3. The van der Waals surface area contributed by atoms with Crippen LogP contribution in [0.4, 0.5) is 10.5 Å². The summed E-state index contributed by atoms with van der Waals surface area (Å²) < 4.78 is 10.6. The highest BCUT2D eigenvalue weighted by Gasteiger charge is 2.45. The Hall–Kier alpha value is -2.56. The molecule has 2 fully saturated rings. The molecule has 2 aliphatic heterocycles. The highest BCUT2D eigenvalue weighted by Crippen LogP contribution is 2.37. The summed E-state index contributed by atoms with van der Waals surface area (Å²) in [4.78, 5) is 36.0. The highest BCUT2D eigenvalue weighted by atomic mass is 16.6. The maximum atomic E-state index is 11.9. The zero-order valence-electron chi connectivity index (χ0n) is 13.4. The molecular formula is C15H18N4O6. The number of hydrogen-bond donors (Lipinski definition) is 1. The maximum absolute atomic E-state index is 11.9.